The minimum atomic E-state index is 0.830. The van der Waals surface area contributed by atoms with E-state index in [1.165, 1.54) is 11.1 Å². The molecule has 3 heterocycles. The van der Waals surface area contributed by atoms with Crippen molar-refractivity contribution in [1.82, 2.24) is 14.4 Å². The average Bonchev–Trinajstić information content (AvgIpc) is 2.94. The summed E-state index contributed by atoms with van der Waals surface area (Å²) in [5, 5.41) is 0. The zero-order chi connectivity index (χ0) is 13.5. The van der Waals surface area contributed by atoms with Crippen LogP contribution >= 0.6 is 15.9 Å². The Balaban J connectivity index is 1.79. The second-order valence-corrected chi connectivity index (χ2v) is 5.80. The number of nitrogens with zero attached hydrogens (tertiary/aromatic N) is 4. The van der Waals surface area contributed by atoms with Gasteiger partial charge in [0.15, 0.2) is 11.5 Å². The Morgan fingerprint density at radius 2 is 2.00 bits per heavy atom. The monoisotopic (exact) mass is 328 g/mol. The largest absolute Gasteiger partial charge is 0.349 e. The second kappa shape index (κ2) is 4.59. The lowest BCUT2D eigenvalue weighted by Crippen LogP contribution is -2.31. The van der Waals surface area contributed by atoms with Crippen molar-refractivity contribution in [3.63, 3.8) is 0 Å². The highest BCUT2D eigenvalue weighted by Crippen LogP contribution is 2.26. The molecule has 0 saturated heterocycles. The van der Waals surface area contributed by atoms with Gasteiger partial charge in [-0.3, -0.25) is 0 Å². The summed E-state index contributed by atoms with van der Waals surface area (Å²) < 4.78 is 2.84. The van der Waals surface area contributed by atoms with E-state index in [2.05, 4.69) is 55.1 Å². The van der Waals surface area contributed by atoms with Crippen LogP contribution in [-0.4, -0.2) is 20.9 Å². The van der Waals surface area contributed by atoms with Crippen molar-refractivity contribution in [2.45, 2.75) is 13.0 Å². The summed E-state index contributed by atoms with van der Waals surface area (Å²) in [6.45, 7) is 1.87. The van der Waals surface area contributed by atoms with Crippen LogP contribution in [0.3, 0.4) is 0 Å². The standard InChI is InChI=1S/C15H13BrN4/c16-13-10-20-8-6-17-14(20)15(18-13)19-7-5-11-3-1-2-4-12(11)9-19/h1-4,6,8,10H,5,7,9H2. The number of fused-ring (bicyclic) bond motifs is 2. The molecule has 3 aromatic rings. The Bertz CT molecular complexity index is 780. The molecular formula is C15H13BrN4. The maximum atomic E-state index is 4.63. The summed E-state index contributed by atoms with van der Waals surface area (Å²) >= 11 is 3.48. The smallest absolute Gasteiger partial charge is 0.180 e. The van der Waals surface area contributed by atoms with Gasteiger partial charge in [0.05, 0.1) is 0 Å². The lowest BCUT2D eigenvalue weighted by Gasteiger charge is -2.29. The van der Waals surface area contributed by atoms with E-state index in [0.29, 0.717) is 0 Å². The van der Waals surface area contributed by atoms with E-state index in [0.717, 1.165) is 35.6 Å². The Labute approximate surface area is 125 Å². The molecule has 1 aliphatic heterocycles. The summed E-state index contributed by atoms with van der Waals surface area (Å²) in [6.07, 6.45) is 6.75. The zero-order valence-electron chi connectivity index (χ0n) is 10.8. The number of rotatable bonds is 1. The zero-order valence-corrected chi connectivity index (χ0v) is 12.4. The minimum absolute atomic E-state index is 0.830. The first kappa shape index (κ1) is 11.9. The maximum absolute atomic E-state index is 4.63. The first-order valence-electron chi connectivity index (χ1n) is 6.62. The Morgan fingerprint density at radius 3 is 2.90 bits per heavy atom. The fourth-order valence-electron chi connectivity index (χ4n) is 2.77. The third-order valence-electron chi connectivity index (χ3n) is 3.76. The first-order chi connectivity index (χ1) is 9.81. The summed E-state index contributed by atoms with van der Waals surface area (Å²) in [5.41, 5.74) is 3.73. The minimum Gasteiger partial charge on any atom is -0.349 e. The van der Waals surface area contributed by atoms with Gasteiger partial charge < -0.3 is 9.30 Å². The van der Waals surface area contributed by atoms with E-state index in [1.807, 2.05) is 23.0 Å². The molecule has 0 spiro atoms. The summed E-state index contributed by atoms with van der Waals surface area (Å²) in [6, 6.07) is 8.62. The van der Waals surface area contributed by atoms with Crippen LogP contribution in [0, 0.1) is 0 Å². The number of benzene rings is 1. The molecule has 2 aromatic heterocycles. The van der Waals surface area contributed by atoms with Crippen LogP contribution in [0.2, 0.25) is 0 Å². The lowest BCUT2D eigenvalue weighted by atomic mass is 10.00. The fourth-order valence-corrected chi connectivity index (χ4v) is 3.16. The van der Waals surface area contributed by atoms with Crippen molar-refractivity contribution >= 4 is 27.4 Å². The van der Waals surface area contributed by atoms with Gasteiger partial charge in [0.25, 0.3) is 0 Å². The molecule has 0 saturated carbocycles. The quantitative estimate of drug-likeness (QED) is 0.688. The van der Waals surface area contributed by atoms with E-state index in [4.69, 9.17) is 0 Å². The SMILES string of the molecule is Brc1cn2ccnc2c(N2CCc3ccccc3C2)n1. The van der Waals surface area contributed by atoms with Gasteiger partial charge in [0.1, 0.15) is 4.60 Å². The molecule has 0 radical (unpaired) electrons. The van der Waals surface area contributed by atoms with Crippen LogP contribution in [0.25, 0.3) is 5.65 Å². The predicted octanol–water partition coefficient (Wildman–Crippen LogP) is 3.05. The number of hydrogen-bond acceptors (Lipinski definition) is 3. The van der Waals surface area contributed by atoms with Gasteiger partial charge in [0, 0.05) is 31.7 Å². The van der Waals surface area contributed by atoms with Crippen LogP contribution in [0.5, 0.6) is 0 Å². The fraction of sp³-hybridized carbons (Fsp3) is 0.200. The van der Waals surface area contributed by atoms with Crippen molar-refractivity contribution in [3.8, 4) is 0 Å². The van der Waals surface area contributed by atoms with Crippen LogP contribution in [0.15, 0.2) is 47.5 Å². The van der Waals surface area contributed by atoms with Gasteiger partial charge in [-0.1, -0.05) is 24.3 Å². The van der Waals surface area contributed by atoms with E-state index >= 15 is 0 Å². The van der Waals surface area contributed by atoms with Crippen molar-refractivity contribution in [2.75, 3.05) is 11.4 Å². The van der Waals surface area contributed by atoms with E-state index < -0.39 is 0 Å². The molecule has 1 aromatic carbocycles. The number of anilines is 1. The molecule has 4 nitrogen and oxygen atoms in total. The van der Waals surface area contributed by atoms with Crippen molar-refractivity contribution in [2.24, 2.45) is 0 Å². The second-order valence-electron chi connectivity index (χ2n) is 4.99. The van der Waals surface area contributed by atoms with Gasteiger partial charge in [-0.05, 0) is 33.5 Å². The molecule has 5 heteroatoms. The Morgan fingerprint density at radius 1 is 1.15 bits per heavy atom. The summed E-state index contributed by atoms with van der Waals surface area (Å²) in [4.78, 5) is 11.4. The highest BCUT2D eigenvalue weighted by atomic mass is 79.9. The number of hydrogen-bond donors (Lipinski definition) is 0. The van der Waals surface area contributed by atoms with Crippen molar-refractivity contribution in [1.29, 1.82) is 0 Å². The van der Waals surface area contributed by atoms with Gasteiger partial charge in [0.2, 0.25) is 0 Å². The van der Waals surface area contributed by atoms with Crippen molar-refractivity contribution in [3.05, 3.63) is 58.6 Å². The number of imidazole rings is 1. The average molecular weight is 329 g/mol. The molecule has 0 atom stereocenters. The topological polar surface area (TPSA) is 33.4 Å². The highest BCUT2D eigenvalue weighted by Gasteiger charge is 2.20. The highest BCUT2D eigenvalue weighted by molar-refractivity contribution is 9.10. The molecular weight excluding hydrogens is 316 g/mol. The van der Waals surface area contributed by atoms with Crippen LogP contribution < -0.4 is 4.90 Å². The number of aromatic nitrogens is 3. The van der Waals surface area contributed by atoms with Crippen LogP contribution in [0.4, 0.5) is 5.82 Å². The molecule has 100 valence electrons. The molecule has 0 N–H and O–H groups in total. The van der Waals surface area contributed by atoms with Gasteiger partial charge >= 0.3 is 0 Å². The third-order valence-corrected chi connectivity index (χ3v) is 4.14. The summed E-state index contributed by atoms with van der Waals surface area (Å²) in [5.74, 6) is 0.943. The molecule has 0 amide bonds. The lowest BCUT2D eigenvalue weighted by molar-refractivity contribution is 0.719. The molecule has 4 rings (SSSR count). The van der Waals surface area contributed by atoms with Gasteiger partial charge in [-0.25, -0.2) is 9.97 Å². The van der Waals surface area contributed by atoms with E-state index in [-0.39, 0.29) is 0 Å². The normalized spacial score (nSPS) is 14.6. The van der Waals surface area contributed by atoms with E-state index in [9.17, 15) is 0 Å². The molecule has 0 unspecified atom stereocenters. The molecule has 1 aliphatic rings. The Kier molecular flexibility index (Phi) is 2.73. The van der Waals surface area contributed by atoms with Crippen molar-refractivity contribution < 1.29 is 0 Å². The molecule has 0 fully saturated rings. The van der Waals surface area contributed by atoms with Gasteiger partial charge in [-0.15, -0.1) is 0 Å². The number of halogens is 1. The van der Waals surface area contributed by atoms with Gasteiger partial charge in [-0.2, -0.15) is 0 Å². The van der Waals surface area contributed by atoms with E-state index in [1.54, 1.807) is 0 Å². The Hall–Kier alpha value is -1.88. The van der Waals surface area contributed by atoms with Crippen LogP contribution in [0.1, 0.15) is 11.1 Å². The van der Waals surface area contributed by atoms with Crippen LogP contribution in [-0.2, 0) is 13.0 Å². The predicted molar refractivity (Wildman–Crippen MR) is 81.9 cm³/mol. The summed E-state index contributed by atoms with van der Waals surface area (Å²) in [7, 11) is 0. The molecule has 0 aliphatic carbocycles. The third kappa shape index (κ3) is 1.89. The first-order valence-corrected chi connectivity index (χ1v) is 7.41. The molecule has 0 bridgehead atoms. The molecule has 20 heavy (non-hydrogen) atoms. The maximum Gasteiger partial charge on any atom is 0.180 e.